The zero-order chi connectivity index (χ0) is 28.5. The molecule has 0 spiro atoms. The average molecular weight is 564 g/mol. The number of aromatic nitrogens is 1. The second kappa shape index (κ2) is 14.1. The quantitative estimate of drug-likeness (QED) is 0.113. The first-order chi connectivity index (χ1) is 19.4. The first-order valence-electron chi connectivity index (χ1n) is 13.7. The van der Waals surface area contributed by atoms with Gasteiger partial charge in [-0.3, -0.25) is 24.3 Å². The van der Waals surface area contributed by atoms with E-state index in [0.717, 1.165) is 23.1 Å². The number of nitrogens with zero attached hydrogens (tertiary/aromatic N) is 3. The normalized spacial score (nSPS) is 16.7. The summed E-state index contributed by atoms with van der Waals surface area (Å²) < 4.78 is 0.862. The molecule has 0 saturated carbocycles. The number of nitrogens with two attached hydrogens (primary N) is 2. The van der Waals surface area contributed by atoms with E-state index in [4.69, 9.17) is 11.5 Å². The number of carbonyl (C=O) groups is 3. The minimum Gasteiger partial charge on any atom is -0.370 e. The van der Waals surface area contributed by atoms with E-state index in [1.54, 1.807) is 7.05 Å². The number of benzene rings is 2. The highest BCUT2D eigenvalue weighted by atomic mass is 32.1. The molecule has 6 N–H and O–H groups in total. The van der Waals surface area contributed by atoms with Gasteiger partial charge in [0.05, 0.1) is 22.3 Å². The van der Waals surface area contributed by atoms with Crippen molar-refractivity contribution in [1.82, 2.24) is 20.5 Å². The highest BCUT2D eigenvalue weighted by Gasteiger charge is 2.41. The number of ketones is 1. The number of carbonyl (C=O) groups excluding carboxylic acids is 3. The van der Waals surface area contributed by atoms with E-state index in [9.17, 15) is 14.4 Å². The monoisotopic (exact) mass is 563 g/mol. The topological polar surface area (TPSA) is 156 Å². The fraction of sp³-hybridized carbons (Fsp3) is 0.414. The van der Waals surface area contributed by atoms with Gasteiger partial charge in [-0.2, -0.15) is 0 Å². The third-order valence-electron chi connectivity index (χ3n) is 7.06. The van der Waals surface area contributed by atoms with E-state index in [1.807, 2.05) is 54.6 Å². The van der Waals surface area contributed by atoms with Gasteiger partial charge in [0.2, 0.25) is 17.6 Å². The molecule has 1 fully saturated rings. The van der Waals surface area contributed by atoms with Crippen molar-refractivity contribution in [2.75, 3.05) is 20.1 Å². The van der Waals surface area contributed by atoms with Crippen LogP contribution in [-0.4, -0.2) is 71.7 Å². The summed E-state index contributed by atoms with van der Waals surface area (Å²) in [6.07, 6.45) is 3.40. The van der Waals surface area contributed by atoms with Crippen LogP contribution in [0, 0.1) is 0 Å². The predicted octanol–water partition coefficient (Wildman–Crippen LogP) is 2.23. The summed E-state index contributed by atoms with van der Waals surface area (Å²) in [6, 6.07) is 14.8. The summed E-state index contributed by atoms with van der Waals surface area (Å²) in [5.41, 5.74) is 12.7. The molecule has 0 radical (unpaired) electrons. The van der Waals surface area contributed by atoms with Gasteiger partial charge >= 0.3 is 0 Å². The van der Waals surface area contributed by atoms with Crippen molar-refractivity contribution in [3.63, 3.8) is 0 Å². The second-order valence-electron chi connectivity index (χ2n) is 9.90. The number of amides is 2. The number of aliphatic imine (C=N–C) groups is 1. The Morgan fingerprint density at radius 3 is 2.55 bits per heavy atom. The Kier molecular flexibility index (Phi) is 10.3. The Bertz CT molecular complexity index is 1300. The van der Waals surface area contributed by atoms with Gasteiger partial charge in [-0.25, -0.2) is 4.98 Å². The van der Waals surface area contributed by atoms with Crippen LogP contribution in [0.15, 0.2) is 59.6 Å². The Balaban J connectivity index is 1.72. The molecule has 212 valence electrons. The summed E-state index contributed by atoms with van der Waals surface area (Å²) in [4.78, 5) is 52.2. The van der Waals surface area contributed by atoms with Crippen molar-refractivity contribution in [2.24, 2.45) is 16.5 Å². The maximum Gasteiger partial charge on any atom is 0.247 e. The van der Waals surface area contributed by atoms with Gasteiger partial charge in [0, 0.05) is 6.54 Å². The van der Waals surface area contributed by atoms with E-state index < -0.39 is 24.0 Å². The molecule has 2 unspecified atom stereocenters. The number of likely N-dealkylation sites (N-methyl/N-ethyl adjacent to an activating group) is 1. The van der Waals surface area contributed by atoms with Crippen LogP contribution in [0.2, 0.25) is 0 Å². The van der Waals surface area contributed by atoms with Crippen LogP contribution in [0.5, 0.6) is 0 Å². The van der Waals surface area contributed by atoms with Crippen molar-refractivity contribution in [1.29, 1.82) is 0 Å². The lowest BCUT2D eigenvalue weighted by Gasteiger charge is -2.35. The summed E-state index contributed by atoms with van der Waals surface area (Å²) in [7, 11) is 1.69. The van der Waals surface area contributed by atoms with E-state index in [-0.39, 0.29) is 35.6 Å². The first-order valence-corrected chi connectivity index (χ1v) is 14.5. The molecule has 10 nitrogen and oxygen atoms in total. The average Bonchev–Trinajstić information content (AvgIpc) is 3.42. The molecule has 2 aromatic carbocycles. The summed E-state index contributed by atoms with van der Waals surface area (Å²) in [5.74, 6) is -1.25. The number of hydrogen-bond donors (Lipinski definition) is 4. The lowest BCUT2D eigenvalue weighted by molar-refractivity contribution is -0.150. The highest BCUT2D eigenvalue weighted by molar-refractivity contribution is 7.20. The summed E-state index contributed by atoms with van der Waals surface area (Å²) >= 11 is 1.26. The molecular weight excluding hydrogens is 526 g/mol. The van der Waals surface area contributed by atoms with E-state index in [1.165, 1.54) is 16.2 Å². The molecule has 1 aliphatic heterocycles. The molecule has 2 heterocycles. The van der Waals surface area contributed by atoms with E-state index >= 15 is 0 Å². The van der Waals surface area contributed by atoms with Gasteiger partial charge in [0.25, 0.3) is 0 Å². The lowest BCUT2D eigenvalue weighted by atomic mass is 9.97. The molecule has 2 amide bonds. The van der Waals surface area contributed by atoms with Crippen LogP contribution in [0.1, 0.15) is 47.5 Å². The van der Waals surface area contributed by atoms with Gasteiger partial charge in [0.1, 0.15) is 6.04 Å². The Morgan fingerprint density at radius 2 is 1.88 bits per heavy atom. The third-order valence-corrected chi connectivity index (χ3v) is 8.11. The van der Waals surface area contributed by atoms with Crippen LogP contribution in [0.25, 0.3) is 10.2 Å². The lowest BCUT2D eigenvalue weighted by Crippen LogP contribution is -2.60. The largest absolute Gasteiger partial charge is 0.370 e. The van der Waals surface area contributed by atoms with Gasteiger partial charge < -0.3 is 22.1 Å². The van der Waals surface area contributed by atoms with Gasteiger partial charge in [0.15, 0.2) is 11.0 Å². The van der Waals surface area contributed by atoms with Crippen molar-refractivity contribution in [2.45, 2.75) is 56.7 Å². The van der Waals surface area contributed by atoms with Crippen LogP contribution in [0.4, 0.5) is 0 Å². The number of rotatable bonds is 12. The molecule has 0 bridgehead atoms. The van der Waals surface area contributed by atoms with Crippen molar-refractivity contribution < 1.29 is 14.4 Å². The molecule has 40 heavy (non-hydrogen) atoms. The maximum absolute atomic E-state index is 14.2. The van der Waals surface area contributed by atoms with Crippen molar-refractivity contribution in [3.05, 3.63) is 65.2 Å². The van der Waals surface area contributed by atoms with E-state index in [2.05, 4.69) is 20.6 Å². The van der Waals surface area contributed by atoms with Crippen LogP contribution in [0.3, 0.4) is 0 Å². The predicted molar refractivity (Wildman–Crippen MR) is 158 cm³/mol. The summed E-state index contributed by atoms with van der Waals surface area (Å²) in [6.45, 7) is 0.947. The van der Waals surface area contributed by atoms with Gasteiger partial charge in [-0.15, -0.1) is 11.3 Å². The molecule has 1 aromatic heterocycles. The molecule has 11 heteroatoms. The maximum atomic E-state index is 14.2. The number of Topliss-reactive ketones (excluding diaryl/α,β-unsaturated/α-hetero) is 1. The Hall–Kier alpha value is -3.67. The minimum absolute atomic E-state index is 0.0532. The number of nitrogens with one attached hydrogen (secondary N) is 2. The molecular formula is C29H37N7O3S. The van der Waals surface area contributed by atoms with Crippen LogP contribution in [-0.2, 0) is 16.0 Å². The Labute approximate surface area is 238 Å². The second-order valence-corrected chi connectivity index (χ2v) is 10.9. The standard InChI is InChI=1S/C29H37N7O3S/c1-32-22(18-19-10-3-2-4-11-19)28(39)36(27(38)21-13-7-8-16-33-21)23(14-9-17-34-29(30)31)25(37)26-35-20-12-5-6-15-24(20)40-26/h2-6,10-12,15,21-23,32-33H,7-9,13-14,16-18H2,1H3,(H4,30,31,34)/t21?,22-,23?/m1/s1. The number of fused-ring (bicyclic) bond motifs is 1. The molecule has 1 aliphatic rings. The number of para-hydroxylation sites is 1. The van der Waals surface area contributed by atoms with Crippen LogP contribution < -0.4 is 22.1 Å². The molecule has 3 aromatic rings. The molecule has 3 atom stereocenters. The van der Waals surface area contributed by atoms with Crippen LogP contribution >= 0.6 is 11.3 Å². The third kappa shape index (κ3) is 7.29. The highest BCUT2D eigenvalue weighted by Crippen LogP contribution is 2.26. The SMILES string of the molecule is CN[C@H](Cc1ccccc1)C(=O)N(C(=O)C1CCCCN1)C(CCCN=C(N)N)C(=O)c1nc2ccccc2s1. The fourth-order valence-electron chi connectivity index (χ4n) is 4.97. The smallest absolute Gasteiger partial charge is 0.247 e. The number of piperidine rings is 1. The van der Waals surface area contributed by atoms with Gasteiger partial charge in [-0.1, -0.05) is 48.9 Å². The number of imide groups is 1. The Morgan fingerprint density at radius 1 is 1.12 bits per heavy atom. The minimum atomic E-state index is -1.05. The van der Waals surface area contributed by atoms with Gasteiger partial charge in [-0.05, 0) is 63.4 Å². The molecule has 1 saturated heterocycles. The molecule has 0 aliphatic carbocycles. The van der Waals surface area contributed by atoms with Crippen molar-refractivity contribution >= 4 is 45.1 Å². The zero-order valence-corrected chi connectivity index (χ0v) is 23.5. The zero-order valence-electron chi connectivity index (χ0n) is 22.7. The first kappa shape index (κ1) is 29.3. The fourth-order valence-corrected chi connectivity index (χ4v) is 5.92. The van der Waals surface area contributed by atoms with E-state index in [0.29, 0.717) is 31.3 Å². The van der Waals surface area contributed by atoms with Crippen molar-refractivity contribution in [3.8, 4) is 0 Å². The number of hydrogen-bond acceptors (Lipinski definition) is 8. The molecule has 4 rings (SSSR count). The summed E-state index contributed by atoms with van der Waals surface area (Å²) in [5, 5.41) is 6.60. The number of guanidine groups is 1. The number of thiazole rings is 1.